The van der Waals surface area contributed by atoms with E-state index < -0.39 is 37.3 Å². The first-order chi connectivity index (χ1) is 7.79. The van der Waals surface area contributed by atoms with Crippen LogP contribution in [0.1, 0.15) is 26.7 Å². The van der Waals surface area contributed by atoms with Crippen molar-refractivity contribution in [2.75, 3.05) is 0 Å². The molecule has 0 rings (SSSR count). The fourth-order valence-electron chi connectivity index (χ4n) is 0.638. The van der Waals surface area contributed by atoms with Crippen LogP contribution in [0, 0.1) is 0 Å². The van der Waals surface area contributed by atoms with Crippen LogP contribution in [0.3, 0.4) is 0 Å². The van der Waals surface area contributed by atoms with Crippen molar-refractivity contribution in [2.24, 2.45) is 0 Å². The predicted octanol–water partition coefficient (Wildman–Crippen LogP) is 4.21. The van der Waals surface area contributed by atoms with E-state index >= 15 is 0 Å². The lowest BCUT2D eigenvalue weighted by Crippen LogP contribution is -2.51. The average Bonchev–Trinajstić information content (AvgIpc) is 2.14. The van der Waals surface area contributed by atoms with Crippen molar-refractivity contribution >= 4 is 0 Å². The molecule has 0 atom stereocenters. The number of ether oxygens (including phenoxy) is 2. The zero-order chi connectivity index (χ0) is 14.8. The van der Waals surface area contributed by atoms with Crippen LogP contribution in [0.5, 0.6) is 0 Å². The van der Waals surface area contributed by atoms with E-state index in [0.717, 1.165) is 0 Å². The summed E-state index contributed by atoms with van der Waals surface area (Å²) in [5, 5.41) is 0. The van der Waals surface area contributed by atoms with Gasteiger partial charge >= 0.3 is 24.4 Å². The monoisotopic (exact) mass is 290 g/mol. The van der Waals surface area contributed by atoms with E-state index in [1.165, 1.54) is 0 Å². The van der Waals surface area contributed by atoms with Crippen LogP contribution >= 0.6 is 0 Å². The molecule has 0 saturated heterocycles. The van der Waals surface area contributed by atoms with E-state index in [-0.39, 0.29) is 0 Å². The van der Waals surface area contributed by atoms with E-state index in [0.29, 0.717) is 13.8 Å². The molecule has 110 valence electrons. The standard InChI is InChI=1S/C8H10F8O2/c1-3-5(9,10)17-7(13,14)8(15,16)18-6(11,12)4-2/h3-4H2,1-2H3. The molecule has 0 aliphatic carbocycles. The van der Waals surface area contributed by atoms with Gasteiger partial charge in [0.05, 0.1) is 0 Å². The largest absolute Gasteiger partial charge is 0.453 e. The maximum absolute atomic E-state index is 12.6. The Kier molecular flexibility index (Phi) is 4.97. The van der Waals surface area contributed by atoms with Gasteiger partial charge in [0, 0.05) is 12.8 Å². The molecule has 0 spiro atoms. The van der Waals surface area contributed by atoms with E-state index in [1.54, 1.807) is 0 Å². The van der Waals surface area contributed by atoms with E-state index in [4.69, 9.17) is 0 Å². The highest BCUT2D eigenvalue weighted by molar-refractivity contribution is 4.71. The first-order valence-electron chi connectivity index (χ1n) is 4.70. The maximum atomic E-state index is 12.6. The van der Waals surface area contributed by atoms with Crippen molar-refractivity contribution in [3.63, 3.8) is 0 Å². The molecule has 0 N–H and O–H groups in total. The molecule has 0 fully saturated rings. The normalized spacial score (nSPS) is 15.0. The lowest BCUT2D eigenvalue weighted by Gasteiger charge is -2.30. The van der Waals surface area contributed by atoms with E-state index in [9.17, 15) is 35.1 Å². The van der Waals surface area contributed by atoms with E-state index in [1.807, 2.05) is 0 Å². The molecule has 0 aliphatic rings. The fourth-order valence-corrected chi connectivity index (χ4v) is 0.638. The summed E-state index contributed by atoms with van der Waals surface area (Å²) in [7, 11) is 0. The van der Waals surface area contributed by atoms with Gasteiger partial charge in [-0.2, -0.15) is 35.1 Å². The van der Waals surface area contributed by atoms with Crippen molar-refractivity contribution in [2.45, 2.75) is 51.1 Å². The van der Waals surface area contributed by atoms with Crippen LogP contribution in [0.25, 0.3) is 0 Å². The minimum absolute atomic E-state index is 0.676. The van der Waals surface area contributed by atoms with Crippen LogP contribution in [0.2, 0.25) is 0 Å². The minimum atomic E-state index is -5.90. The molecule has 0 aromatic rings. The Morgan fingerprint density at radius 1 is 0.611 bits per heavy atom. The summed E-state index contributed by atoms with van der Waals surface area (Å²) in [6.45, 7) is 1.35. The van der Waals surface area contributed by atoms with Gasteiger partial charge in [-0.15, -0.1) is 0 Å². The Morgan fingerprint density at radius 2 is 0.833 bits per heavy atom. The third-order valence-corrected chi connectivity index (χ3v) is 1.72. The lowest BCUT2D eigenvalue weighted by molar-refractivity contribution is -0.512. The molecule has 0 radical (unpaired) electrons. The molecule has 0 heterocycles. The number of halogens is 8. The second kappa shape index (κ2) is 5.16. The van der Waals surface area contributed by atoms with Gasteiger partial charge in [0.1, 0.15) is 0 Å². The number of alkyl halides is 8. The van der Waals surface area contributed by atoms with Gasteiger partial charge in [-0.1, -0.05) is 13.8 Å². The second-order valence-corrected chi connectivity index (χ2v) is 3.22. The number of hydrogen-bond donors (Lipinski definition) is 0. The first-order valence-corrected chi connectivity index (χ1v) is 4.70. The SMILES string of the molecule is CCC(F)(F)OC(F)(F)C(F)(F)OC(F)(F)CC. The molecule has 0 bridgehead atoms. The van der Waals surface area contributed by atoms with Crippen LogP contribution in [-0.4, -0.2) is 24.4 Å². The van der Waals surface area contributed by atoms with Gasteiger partial charge in [-0.3, -0.25) is 0 Å². The van der Waals surface area contributed by atoms with Gasteiger partial charge in [0.2, 0.25) is 0 Å². The Morgan fingerprint density at radius 3 is 1.00 bits per heavy atom. The summed E-state index contributed by atoms with van der Waals surface area (Å²) < 4.78 is 105. The summed E-state index contributed by atoms with van der Waals surface area (Å²) in [5.74, 6) is 0. The Labute approximate surface area is 96.8 Å². The summed E-state index contributed by atoms with van der Waals surface area (Å²) in [6.07, 6.45) is -23.7. The van der Waals surface area contributed by atoms with Crippen molar-refractivity contribution < 1.29 is 44.6 Å². The molecular formula is C8H10F8O2. The fraction of sp³-hybridized carbons (Fsp3) is 1.00. The van der Waals surface area contributed by atoms with Crippen LogP contribution in [0.15, 0.2) is 0 Å². The highest BCUT2D eigenvalue weighted by Gasteiger charge is 2.66. The Hall–Kier alpha value is -0.640. The molecule has 0 aromatic heterocycles. The summed E-state index contributed by atoms with van der Waals surface area (Å²) in [6, 6.07) is 0. The van der Waals surface area contributed by atoms with Crippen molar-refractivity contribution in [1.82, 2.24) is 0 Å². The molecule has 2 nitrogen and oxygen atoms in total. The predicted molar refractivity (Wildman–Crippen MR) is 42.5 cm³/mol. The van der Waals surface area contributed by atoms with Gasteiger partial charge in [0.25, 0.3) is 0 Å². The third-order valence-electron chi connectivity index (χ3n) is 1.72. The summed E-state index contributed by atoms with van der Waals surface area (Å²) in [4.78, 5) is 0. The average molecular weight is 290 g/mol. The van der Waals surface area contributed by atoms with Crippen molar-refractivity contribution in [3.05, 3.63) is 0 Å². The van der Waals surface area contributed by atoms with Gasteiger partial charge in [0.15, 0.2) is 0 Å². The first kappa shape index (κ1) is 17.4. The van der Waals surface area contributed by atoms with Crippen LogP contribution < -0.4 is 0 Å². The Bertz CT molecular complexity index is 250. The van der Waals surface area contributed by atoms with Gasteiger partial charge < -0.3 is 0 Å². The summed E-state index contributed by atoms with van der Waals surface area (Å²) in [5.41, 5.74) is 0. The van der Waals surface area contributed by atoms with Crippen LogP contribution in [0.4, 0.5) is 35.1 Å². The highest BCUT2D eigenvalue weighted by Crippen LogP contribution is 2.44. The molecule has 0 aliphatic heterocycles. The summed E-state index contributed by atoms with van der Waals surface area (Å²) >= 11 is 0. The molecule has 0 amide bonds. The molecule has 18 heavy (non-hydrogen) atoms. The molecule has 0 saturated carbocycles. The van der Waals surface area contributed by atoms with E-state index in [2.05, 4.69) is 9.47 Å². The van der Waals surface area contributed by atoms with Crippen molar-refractivity contribution in [3.8, 4) is 0 Å². The maximum Gasteiger partial charge on any atom is 0.453 e. The van der Waals surface area contributed by atoms with Crippen LogP contribution in [-0.2, 0) is 9.47 Å². The topological polar surface area (TPSA) is 18.5 Å². The lowest BCUT2D eigenvalue weighted by atomic mass is 10.4. The molecular weight excluding hydrogens is 280 g/mol. The zero-order valence-corrected chi connectivity index (χ0v) is 9.25. The number of rotatable bonds is 7. The molecule has 0 aromatic carbocycles. The Balaban J connectivity index is 4.97. The second-order valence-electron chi connectivity index (χ2n) is 3.22. The molecule has 10 heteroatoms. The molecule has 0 unspecified atom stereocenters. The van der Waals surface area contributed by atoms with Gasteiger partial charge in [-0.25, -0.2) is 9.47 Å². The third kappa shape index (κ3) is 4.56. The highest BCUT2D eigenvalue weighted by atomic mass is 19.3. The quantitative estimate of drug-likeness (QED) is 0.654. The number of hydrogen-bond acceptors (Lipinski definition) is 2. The van der Waals surface area contributed by atoms with Gasteiger partial charge in [-0.05, 0) is 0 Å². The smallest absolute Gasteiger partial charge is 0.248 e. The zero-order valence-electron chi connectivity index (χ0n) is 9.25. The van der Waals surface area contributed by atoms with Crippen molar-refractivity contribution in [1.29, 1.82) is 0 Å². The minimum Gasteiger partial charge on any atom is -0.248 e.